The summed E-state index contributed by atoms with van der Waals surface area (Å²) in [5.41, 5.74) is 1.19. The molecule has 2 rings (SSSR count). The highest BCUT2D eigenvalue weighted by molar-refractivity contribution is 6.02. The lowest BCUT2D eigenvalue weighted by Crippen LogP contribution is -2.12. The van der Waals surface area contributed by atoms with Crippen molar-refractivity contribution in [2.45, 2.75) is 0 Å². The Balaban J connectivity index is 2.11. The van der Waals surface area contributed by atoms with Gasteiger partial charge in [-0.05, 0) is 18.2 Å². The van der Waals surface area contributed by atoms with Crippen LogP contribution in [-0.4, -0.2) is 15.5 Å². The highest BCUT2D eigenvalue weighted by Gasteiger charge is 2.06. The van der Waals surface area contributed by atoms with Gasteiger partial charge >= 0.3 is 0 Å². The Bertz CT molecular complexity index is 462. The van der Waals surface area contributed by atoms with Gasteiger partial charge in [-0.15, -0.1) is 0 Å². The second kappa shape index (κ2) is 3.96. The summed E-state index contributed by atoms with van der Waals surface area (Å²) in [5, 5.41) is 2.76. The lowest BCUT2D eigenvalue weighted by molar-refractivity contribution is 0.102. The third-order valence-corrected chi connectivity index (χ3v) is 1.99. The zero-order valence-corrected chi connectivity index (χ0v) is 8.34. The van der Waals surface area contributed by atoms with Gasteiger partial charge in [0.05, 0.1) is 5.69 Å². The highest BCUT2D eigenvalue weighted by Crippen LogP contribution is 2.07. The number of pyridine rings is 1. The van der Waals surface area contributed by atoms with E-state index in [1.807, 2.05) is 30.1 Å². The number of nitrogens with zero attached hydrogens (tertiary/aromatic N) is 2. The summed E-state index contributed by atoms with van der Waals surface area (Å²) in [4.78, 5) is 15.6. The summed E-state index contributed by atoms with van der Waals surface area (Å²) in [6, 6.07) is 7.07. The molecule has 0 atom stereocenters. The highest BCUT2D eigenvalue weighted by atomic mass is 16.1. The standard InChI is InChI=1S/C11H11N3O/c1-14-7-5-9(8-14)13-11(15)10-4-2-3-6-12-10/h2-8H,1H3,(H,13,15). The van der Waals surface area contributed by atoms with Crippen LogP contribution in [0.1, 0.15) is 10.5 Å². The lowest BCUT2D eigenvalue weighted by Gasteiger charge is -2.00. The van der Waals surface area contributed by atoms with Crippen molar-refractivity contribution in [1.82, 2.24) is 9.55 Å². The molecule has 0 fully saturated rings. The van der Waals surface area contributed by atoms with Crippen LogP contribution < -0.4 is 5.32 Å². The predicted molar refractivity (Wildman–Crippen MR) is 57.6 cm³/mol. The molecule has 76 valence electrons. The van der Waals surface area contributed by atoms with E-state index >= 15 is 0 Å². The Labute approximate surface area is 87.6 Å². The minimum Gasteiger partial charge on any atom is -0.355 e. The van der Waals surface area contributed by atoms with Gasteiger partial charge in [-0.3, -0.25) is 9.78 Å². The molecular weight excluding hydrogens is 190 g/mol. The van der Waals surface area contributed by atoms with E-state index < -0.39 is 0 Å². The SMILES string of the molecule is Cn1ccc(NC(=O)c2ccccn2)c1. The number of amides is 1. The van der Waals surface area contributed by atoms with Crippen molar-refractivity contribution in [2.24, 2.45) is 7.05 Å². The Morgan fingerprint density at radius 3 is 2.87 bits per heavy atom. The molecule has 2 aromatic rings. The van der Waals surface area contributed by atoms with Crippen LogP contribution in [-0.2, 0) is 7.05 Å². The maximum Gasteiger partial charge on any atom is 0.274 e. The Morgan fingerprint density at radius 2 is 2.27 bits per heavy atom. The van der Waals surface area contributed by atoms with Crippen molar-refractivity contribution in [2.75, 3.05) is 5.32 Å². The summed E-state index contributed by atoms with van der Waals surface area (Å²) in [6.45, 7) is 0. The van der Waals surface area contributed by atoms with Crippen LogP contribution in [0.25, 0.3) is 0 Å². The fraction of sp³-hybridized carbons (Fsp3) is 0.0909. The van der Waals surface area contributed by atoms with E-state index in [1.165, 1.54) is 0 Å². The summed E-state index contributed by atoms with van der Waals surface area (Å²) in [7, 11) is 1.90. The van der Waals surface area contributed by atoms with Crippen LogP contribution in [0.2, 0.25) is 0 Å². The quantitative estimate of drug-likeness (QED) is 0.803. The number of aromatic nitrogens is 2. The molecule has 0 saturated carbocycles. The van der Waals surface area contributed by atoms with E-state index in [9.17, 15) is 4.79 Å². The third kappa shape index (κ3) is 2.22. The second-order valence-corrected chi connectivity index (χ2v) is 3.23. The summed E-state index contributed by atoms with van der Waals surface area (Å²) < 4.78 is 1.87. The lowest BCUT2D eigenvalue weighted by atomic mass is 10.3. The van der Waals surface area contributed by atoms with Gasteiger partial charge in [0.15, 0.2) is 0 Å². The van der Waals surface area contributed by atoms with Crippen LogP contribution in [0.4, 0.5) is 5.69 Å². The van der Waals surface area contributed by atoms with Gasteiger partial charge in [0.1, 0.15) is 5.69 Å². The molecule has 0 aromatic carbocycles. The summed E-state index contributed by atoms with van der Waals surface area (Å²) >= 11 is 0. The minimum absolute atomic E-state index is 0.193. The predicted octanol–water partition coefficient (Wildman–Crippen LogP) is 1.67. The van der Waals surface area contributed by atoms with Gasteiger partial charge in [-0.2, -0.15) is 0 Å². The van der Waals surface area contributed by atoms with Gasteiger partial charge in [-0.25, -0.2) is 0 Å². The molecule has 0 saturated heterocycles. The summed E-state index contributed by atoms with van der Waals surface area (Å²) in [5.74, 6) is -0.193. The molecule has 1 amide bonds. The fourth-order valence-corrected chi connectivity index (χ4v) is 1.27. The zero-order chi connectivity index (χ0) is 10.7. The molecule has 15 heavy (non-hydrogen) atoms. The Hall–Kier alpha value is -2.10. The number of aryl methyl sites for hydroxylation is 1. The topological polar surface area (TPSA) is 46.9 Å². The first kappa shape index (κ1) is 9.45. The third-order valence-electron chi connectivity index (χ3n) is 1.99. The monoisotopic (exact) mass is 201 g/mol. The second-order valence-electron chi connectivity index (χ2n) is 3.23. The van der Waals surface area contributed by atoms with Crippen molar-refractivity contribution in [3.8, 4) is 0 Å². The van der Waals surface area contributed by atoms with E-state index in [-0.39, 0.29) is 5.91 Å². The number of anilines is 1. The molecule has 2 heterocycles. The maximum atomic E-state index is 11.6. The Morgan fingerprint density at radius 1 is 1.40 bits per heavy atom. The van der Waals surface area contributed by atoms with Gasteiger partial charge in [-0.1, -0.05) is 6.07 Å². The van der Waals surface area contributed by atoms with Gasteiger partial charge < -0.3 is 9.88 Å². The van der Waals surface area contributed by atoms with Crippen LogP contribution in [0.5, 0.6) is 0 Å². The number of nitrogens with one attached hydrogen (secondary N) is 1. The molecule has 2 aromatic heterocycles. The van der Waals surface area contributed by atoms with Crippen LogP contribution >= 0.6 is 0 Å². The Kier molecular flexibility index (Phi) is 2.49. The van der Waals surface area contributed by atoms with Gasteiger partial charge in [0, 0.05) is 25.6 Å². The van der Waals surface area contributed by atoms with E-state index in [4.69, 9.17) is 0 Å². The largest absolute Gasteiger partial charge is 0.355 e. The normalized spacial score (nSPS) is 9.93. The minimum atomic E-state index is -0.193. The van der Waals surface area contributed by atoms with Crippen molar-refractivity contribution >= 4 is 11.6 Å². The van der Waals surface area contributed by atoms with E-state index in [2.05, 4.69) is 10.3 Å². The molecule has 0 radical (unpaired) electrons. The first-order valence-corrected chi connectivity index (χ1v) is 4.60. The first-order valence-electron chi connectivity index (χ1n) is 4.60. The number of carbonyl (C=O) groups is 1. The fourth-order valence-electron chi connectivity index (χ4n) is 1.27. The number of hydrogen-bond donors (Lipinski definition) is 1. The molecule has 4 nitrogen and oxygen atoms in total. The molecular formula is C11H11N3O. The molecule has 0 aliphatic rings. The molecule has 0 bridgehead atoms. The maximum absolute atomic E-state index is 11.6. The average Bonchev–Trinajstić information content (AvgIpc) is 2.65. The number of rotatable bonds is 2. The zero-order valence-electron chi connectivity index (χ0n) is 8.34. The molecule has 1 N–H and O–H groups in total. The van der Waals surface area contributed by atoms with Gasteiger partial charge in [0.25, 0.3) is 5.91 Å². The molecule has 0 aliphatic heterocycles. The van der Waals surface area contributed by atoms with Crippen molar-refractivity contribution < 1.29 is 4.79 Å². The molecule has 0 aliphatic carbocycles. The van der Waals surface area contributed by atoms with Crippen LogP contribution in [0.3, 0.4) is 0 Å². The molecule has 0 spiro atoms. The van der Waals surface area contributed by atoms with Crippen molar-refractivity contribution in [1.29, 1.82) is 0 Å². The summed E-state index contributed by atoms with van der Waals surface area (Å²) in [6.07, 6.45) is 5.30. The van der Waals surface area contributed by atoms with E-state index in [0.717, 1.165) is 5.69 Å². The van der Waals surface area contributed by atoms with Crippen molar-refractivity contribution in [3.05, 3.63) is 48.5 Å². The molecule has 4 heteroatoms. The van der Waals surface area contributed by atoms with Crippen LogP contribution in [0.15, 0.2) is 42.9 Å². The molecule has 0 unspecified atom stereocenters. The van der Waals surface area contributed by atoms with E-state index in [0.29, 0.717) is 5.69 Å². The van der Waals surface area contributed by atoms with Crippen LogP contribution in [0, 0.1) is 0 Å². The smallest absolute Gasteiger partial charge is 0.274 e. The number of carbonyl (C=O) groups excluding carboxylic acids is 1. The van der Waals surface area contributed by atoms with E-state index in [1.54, 1.807) is 24.4 Å². The van der Waals surface area contributed by atoms with Gasteiger partial charge in [0.2, 0.25) is 0 Å². The van der Waals surface area contributed by atoms with Crippen molar-refractivity contribution in [3.63, 3.8) is 0 Å². The number of hydrogen-bond acceptors (Lipinski definition) is 2. The first-order chi connectivity index (χ1) is 7.25. The average molecular weight is 201 g/mol.